The highest BCUT2D eigenvalue weighted by Gasteiger charge is 2.24. The maximum atomic E-state index is 12.4. The van der Waals surface area contributed by atoms with E-state index in [4.69, 9.17) is 15.9 Å². The summed E-state index contributed by atoms with van der Waals surface area (Å²) in [4.78, 5) is 37.2. The predicted molar refractivity (Wildman–Crippen MR) is 90.2 cm³/mol. The molecular formula is C18H20N2O5. The number of aromatic nitrogens is 1. The average molecular weight is 344 g/mol. The zero-order valence-corrected chi connectivity index (χ0v) is 13.6. The Kier molecular flexibility index (Phi) is 6.08. The molecule has 0 aliphatic carbocycles. The lowest BCUT2D eigenvalue weighted by molar-refractivity contribution is -0.137. The molecule has 7 heteroatoms. The highest BCUT2D eigenvalue weighted by atomic mass is 16.4. The maximum absolute atomic E-state index is 12.4. The van der Waals surface area contributed by atoms with Gasteiger partial charge in [0.2, 0.25) is 0 Å². The van der Waals surface area contributed by atoms with Crippen LogP contribution < -0.4 is 5.73 Å². The monoisotopic (exact) mass is 344 g/mol. The summed E-state index contributed by atoms with van der Waals surface area (Å²) in [5.41, 5.74) is 8.15. The van der Waals surface area contributed by atoms with Crippen LogP contribution in [0.25, 0.3) is 0 Å². The van der Waals surface area contributed by atoms with Gasteiger partial charge in [-0.3, -0.25) is 14.4 Å². The number of carboxylic acid groups (broad SMARTS) is 2. The van der Waals surface area contributed by atoms with Crippen molar-refractivity contribution in [2.45, 2.75) is 31.7 Å². The standard InChI is InChI=1S/C18H20N2O5/c19-17(14(21)8-11-4-2-1-3-5-11)18-13(9-16(24)25)12(10-20-18)6-7-15(22)23/h1-5,10,17,20H,6-9,19H2,(H,22,23)(H,24,25). The van der Waals surface area contributed by atoms with Crippen LogP contribution in [0.4, 0.5) is 0 Å². The van der Waals surface area contributed by atoms with Crippen LogP contribution in [0.15, 0.2) is 36.5 Å². The zero-order valence-electron chi connectivity index (χ0n) is 13.6. The Bertz CT molecular complexity index is 767. The summed E-state index contributed by atoms with van der Waals surface area (Å²) in [6.07, 6.45) is 1.40. The Hall–Kier alpha value is -2.93. The Morgan fingerprint density at radius 2 is 1.72 bits per heavy atom. The molecule has 1 atom stereocenters. The Balaban J connectivity index is 2.22. The first kappa shape index (κ1) is 18.4. The van der Waals surface area contributed by atoms with E-state index in [1.807, 2.05) is 30.3 Å². The van der Waals surface area contributed by atoms with Gasteiger partial charge in [0, 0.05) is 24.7 Å². The molecule has 0 saturated heterocycles. The number of hydrogen-bond acceptors (Lipinski definition) is 4. The number of aliphatic carboxylic acids is 2. The van der Waals surface area contributed by atoms with Crippen LogP contribution in [0.1, 0.15) is 34.8 Å². The van der Waals surface area contributed by atoms with Gasteiger partial charge >= 0.3 is 11.9 Å². The number of carbonyl (C=O) groups is 3. The lowest BCUT2D eigenvalue weighted by Crippen LogP contribution is -2.25. The van der Waals surface area contributed by atoms with Crippen molar-refractivity contribution < 1.29 is 24.6 Å². The van der Waals surface area contributed by atoms with Gasteiger partial charge in [-0.1, -0.05) is 30.3 Å². The van der Waals surface area contributed by atoms with E-state index < -0.39 is 18.0 Å². The minimum Gasteiger partial charge on any atom is -0.481 e. The molecule has 1 unspecified atom stereocenters. The molecule has 1 aromatic heterocycles. The molecule has 0 fully saturated rings. The van der Waals surface area contributed by atoms with Crippen molar-refractivity contribution in [3.8, 4) is 0 Å². The van der Waals surface area contributed by atoms with Gasteiger partial charge in [-0.15, -0.1) is 0 Å². The largest absolute Gasteiger partial charge is 0.481 e. The summed E-state index contributed by atoms with van der Waals surface area (Å²) < 4.78 is 0. The first-order valence-electron chi connectivity index (χ1n) is 7.83. The molecule has 132 valence electrons. The van der Waals surface area contributed by atoms with Gasteiger partial charge in [0.15, 0.2) is 5.78 Å². The SMILES string of the molecule is NC(C(=O)Cc1ccccc1)c1[nH]cc(CCC(=O)O)c1CC(=O)O. The van der Waals surface area contributed by atoms with Crippen LogP contribution in [0.2, 0.25) is 0 Å². The van der Waals surface area contributed by atoms with Gasteiger partial charge in [-0.2, -0.15) is 0 Å². The van der Waals surface area contributed by atoms with E-state index in [0.29, 0.717) is 16.8 Å². The van der Waals surface area contributed by atoms with Crippen LogP contribution in [-0.4, -0.2) is 32.9 Å². The third-order valence-corrected chi connectivity index (χ3v) is 3.93. The minimum absolute atomic E-state index is 0.128. The van der Waals surface area contributed by atoms with Gasteiger partial charge in [-0.25, -0.2) is 0 Å². The molecule has 0 aliphatic heterocycles. The molecule has 0 aliphatic rings. The Labute approximate surface area is 144 Å². The molecular weight excluding hydrogens is 324 g/mol. The Morgan fingerprint density at radius 3 is 2.32 bits per heavy atom. The summed E-state index contributed by atoms with van der Waals surface area (Å²) in [5, 5.41) is 17.9. The van der Waals surface area contributed by atoms with Gasteiger partial charge in [0.25, 0.3) is 0 Å². The molecule has 2 aromatic rings. The number of Topliss-reactive ketones (excluding diaryl/α,β-unsaturated/α-hetero) is 1. The second-order valence-electron chi connectivity index (χ2n) is 5.78. The minimum atomic E-state index is -1.07. The van der Waals surface area contributed by atoms with E-state index in [1.165, 1.54) is 6.20 Å². The molecule has 1 aromatic carbocycles. The van der Waals surface area contributed by atoms with E-state index in [1.54, 1.807) is 0 Å². The Morgan fingerprint density at radius 1 is 1.04 bits per heavy atom. The molecule has 0 radical (unpaired) electrons. The van der Waals surface area contributed by atoms with Crippen molar-refractivity contribution in [2.24, 2.45) is 5.73 Å². The van der Waals surface area contributed by atoms with Crippen molar-refractivity contribution in [1.29, 1.82) is 0 Å². The molecule has 25 heavy (non-hydrogen) atoms. The third kappa shape index (κ3) is 5.02. The quantitative estimate of drug-likeness (QED) is 0.544. The summed E-state index contributed by atoms with van der Waals surface area (Å²) >= 11 is 0. The predicted octanol–water partition coefficient (Wildman–Crippen LogP) is 1.47. The van der Waals surface area contributed by atoms with Gasteiger partial charge in [-0.05, 0) is 23.1 Å². The number of aryl methyl sites for hydroxylation is 1. The zero-order chi connectivity index (χ0) is 18.4. The lowest BCUT2D eigenvalue weighted by Gasteiger charge is -2.12. The molecule has 1 heterocycles. The number of benzene rings is 1. The van der Waals surface area contributed by atoms with E-state index in [-0.39, 0.29) is 31.5 Å². The molecule has 0 amide bonds. The molecule has 2 rings (SSSR count). The van der Waals surface area contributed by atoms with Crippen molar-refractivity contribution in [3.63, 3.8) is 0 Å². The fourth-order valence-electron chi connectivity index (χ4n) is 2.68. The highest BCUT2D eigenvalue weighted by molar-refractivity contribution is 5.87. The van der Waals surface area contributed by atoms with Crippen LogP contribution in [0.5, 0.6) is 0 Å². The number of H-pyrrole nitrogens is 1. The highest BCUT2D eigenvalue weighted by Crippen LogP contribution is 2.23. The van der Waals surface area contributed by atoms with E-state index in [0.717, 1.165) is 5.56 Å². The number of nitrogens with one attached hydrogen (secondary N) is 1. The lowest BCUT2D eigenvalue weighted by atomic mass is 9.96. The summed E-state index contributed by atoms with van der Waals surface area (Å²) in [5.74, 6) is -2.29. The number of nitrogens with two attached hydrogens (primary N) is 1. The van der Waals surface area contributed by atoms with Crippen molar-refractivity contribution in [3.05, 3.63) is 58.9 Å². The number of carbonyl (C=O) groups excluding carboxylic acids is 1. The van der Waals surface area contributed by atoms with Crippen LogP contribution in [0, 0.1) is 0 Å². The fraction of sp³-hybridized carbons (Fsp3) is 0.278. The van der Waals surface area contributed by atoms with Crippen molar-refractivity contribution >= 4 is 17.7 Å². The van der Waals surface area contributed by atoms with Crippen LogP contribution in [0.3, 0.4) is 0 Å². The number of rotatable bonds is 9. The second-order valence-corrected chi connectivity index (χ2v) is 5.78. The van der Waals surface area contributed by atoms with Crippen LogP contribution in [-0.2, 0) is 33.6 Å². The van der Waals surface area contributed by atoms with Crippen molar-refractivity contribution in [2.75, 3.05) is 0 Å². The van der Waals surface area contributed by atoms with E-state index >= 15 is 0 Å². The smallest absolute Gasteiger partial charge is 0.307 e. The van der Waals surface area contributed by atoms with Gasteiger partial charge in [0.1, 0.15) is 6.04 Å². The molecule has 0 spiro atoms. The maximum Gasteiger partial charge on any atom is 0.307 e. The molecule has 5 N–H and O–H groups in total. The summed E-state index contributed by atoms with van der Waals surface area (Å²) in [6, 6.07) is 8.13. The van der Waals surface area contributed by atoms with E-state index in [9.17, 15) is 14.4 Å². The summed E-state index contributed by atoms with van der Waals surface area (Å²) in [6.45, 7) is 0. The van der Waals surface area contributed by atoms with E-state index in [2.05, 4.69) is 4.98 Å². The first-order valence-corrected chi connectivity index (χ1v) is 7.83. The van der Waals surface area contributed by atoms with Crippen molar-refractivity contribution in [1.82, 2.24) is 4.98 Å². The first-order chi connectivity index (χ1) is 11.9. The third-order valence-electron chi connectivity index (χ3n) is 3.93. The second kappa shape index (κ2) is 8.25. The normalized spacial score (nSPS) is 11.9. The molecule has 0 saturated carbocycles. The topological polar surface area (TPSA) is 133 Å². The fourth-order valence-corrected chi connectivity index (χ4v) is 2.68. The number of aromatic amines is 1. The molecule has 7 nitrogen and oxygen atoms in total. The number of carboxylic acids is 2. The van der Waals surface area contributed by atoms with Crippen LogP contribution >= 0.6 is 0 Å². The van der Waals surface area contributed by atoms with Gasteiger partial charge < -0.3 is 20.9 Å². The molecule has 0 bridgehead atoms. The number of hydrogen-bond donors (Lipinski definition) is 4. The van der Waals surface area contributed by atoms with Gasteiger partial charge in [0.05, 0.1) is 6.42 Å². The number of ketones is 1. The summed E-state index contributed by atoms with van der Waals surface area (Å²) in [7, 11) is 0. The average Bonchev–Trinajstić information content (AvgIpc) is 2.95.